The Labute approximate surface area is 103 Å². The predicted octanol–water partition coefficient (Wildman–Crippen LogP) is 2.71. The Morgan fingerprint density at radius 2 is 2.25 bits per heavy atom. The molecule has 0 aliphatic rings. The van der Waals surface area contributed by atoms with Gasteiger partial charge in [0.15, 0.2) is 0 Å². The molecule has 1 aromatic heterocycles. The van der Waals surface area contributed by atoms with E-state index in [1.807, 2.05) is 12.1 Å². The van der Waals surface area contributed by atoms with Crippen LogP contribution in [0.15, 0.2) is 28.9 Å². The standard InChI is InChI=1S/C12H13BrN2O/c1-8-3-2-4-9-11(8)10(13)7-15-12(9)14-5-6-16/h2-4,7,16H,5-6H2,1H3,(H,14,15). The average molecular weight is 281 g/mol. The molecule has 0 aliphatic carbocycles. The lowest BCUT2D eigenvalue weighted by Gasteiger charge is -2.10. The van der Waals surface area contributed by atoms with Crippen LogP contribution in [0.4, 0.5) is 5.82 Å². The van der Waals surface area contributed by atoms with Crippen LogP contribution in [0.25, 0.3) is 10.8 Å². The minimum atomic E-state index is 0.102. The van der Waals surface area contributed by atoms with Crippen molar-refractivity contribution in [1.29, 1.82) is 0 Å². The molecule has 3 nitrogen and oxygen atoms in total. The van der Waals surface area contributed by atoms with Gasteiger partial charge in [-0.1, -0.05) is 18.2 Å². The Morgan fingerprint density at radius 1 is 1.44 bits per heavy atom. The number of fused-ring (bicyclic) bond motifs is 1. The first-order valence-electron chi connectivity index (χ1n) is 5.12. The van der Waals surface area contributed by atoms with Crippen molar-refractivity contribution in [3.05, 3.63) is 34.4 Å². The molecule has 0 amide bonds. The van der Waals surface area contributed by atoms with Crippen LogP contribution >= 0.6 is 15.9 Å². The van der Waals surface area contributed by atoms with Crippen molar-refractivity contribution in [2.24, 2.45) is 0 Å². The molecule has 0 atom stereocenters. The molecule has 0 aliphatic heterocycles. The van der Waals surface area contributed by atoms with Crippen LogP contribution in [0.3, 0.4) is 0 Å². The summed E-state index contributed by atoms with van der Waals surface area (Å²) in [5, 5.41) is 14.2. The summed E-state index contributed by atoms with van der Waals surface area (Å²) in [5.74, 6) is 0.816. The summed E-state index contributed by atoms with van der Waals surface area (Å²) in [5.41, 5.74) is 1.21. The third-order valence-electron chi connectivity index (χ3n) is 2.48. The van der Waals surface area contributed by atoms with Gasteiger partial charge in [0.25, 0.3) is 0 Å². The van der Waals surface area contributed by atoms with Crippen molar-refractivity contribution in [3.63, 3.8) is 0 Å². The third-order valence-corrected chi connectivity index (χ3v) is 3.08. The van der Waals surface area contributed by atoms with Gasteiger partial charge in [0.1, 0.15) is 5.82 Å². The molecule has 0 unspecified atom stereocenters. The average Bonchev–Trinajstić information content (AvgIpc) is 2.28. The smallest absolute Gasteiger partial charge is 0.133 e. The number of hydrogen-bond acceptors (Lipinski definition) is 3. The van der Waals surface area contributed by atoms with Gasteiger partial charge in [-0.15, -0.1) is 0 Å². The van der Waals surface area contributed by atoms with Gasteiger partial charge in [0, 0.05) is 28.0 Å². The van der Waals surface area contributed by atoms with E-state index in [2.05, 4.69) is 39.2 Å². The highest BCUT2D eigenvalue weighted by atomic mass is 79.9. The fraction of sp³-hybridized carbons (Fsp3) is 0.250. The first kappa shape index (κ1) is 11.4. The van der Waals surface area contributed by atoms with E-state index in [0.717, 1.165) is 21.1 Å². The number of nitrogens with one attached hydrogen (secondary N) is 1. The lowest BCUT2D eigenvalue weighted by Crippen LogP contribution is -2.07. The molecular weight excluding hydrogens is 268 g/mol. The van der Waals surface area contributed by atoms with Crippen LogP contribution in [-0.4, -0.2) is 23.2 Å². The lowest BCUT2D eigenvalue weighted by molar-refractivity contribution is 0.311. The molecule has 1 heterocycles. The van der Waals surface area contributed by atoms with Gasteiger partial charge in [-0.2, -0.15) is 0 Å². The quantitative estimate of drug-likeness (QED) is 0.909. The molecule has 2 N–H and O–H groups in total. The largest absolute Gasteiger partial charge is 0.395 e. The van der Waals surface area contributed by atoms with Gasteiger partial charge in [-0.05, 0) is 28.4 Å². The Morgan fingerprint density at radius 3 is 3.00 bits per heavy atom. The minimum absolute atomic E-state index is 0.102. The Kier molecular flexibility index (Phi) is 3.41. The molecule has 0 fully saturated rings. The topological polar surface area (TPSA) is 45.1 Å². The van der Waals surface area contributed by atoms with Gasteiger partial charge in [-0.3, -0.25) is 0 Å². The van der Waals surface area contributed by atoms with Gasteiger partial charge >= 0.3 is 0 Å². The first-order chi connectivity index (χ1) is 7.74. The zero-order valence-corrected chi connectivity index (χ0v) is 10.6. The maximum atomic E-state index is 8.81. The van der Waals surface area contributed by atoms with E-state index in [4.69, 9.17) is 5.11 Å². The summed E-state index contributed by atoms with van der Waals surface area (Å²) in [7, 11) is 0. The van der Waals surface area contributed by atoms with Crippen molar-refractivity contribution in [2.75, 3.05) is 18.5 Å². The van der Waals surface area contributed by atoms with Crippen molar-refractivity contribution >= 4 is 32.5 Å². The minimum Gasteiger partial charge on any atom is -0.395 e. The molecule has 16 heavy (non-hydrogen) atoms. The number of halogens is 1. The number of aliphatic hydroxyl groups is 1. The summed E-state index contributed by atoms with van der Waals surface area (Å²) in [6.45, 7) is 2.69. The summed E-state index contributed by atoms with van der Waals surface area (Å²) in [6.07, 6.45) is 1.79. The van der Waals surface area contributed by atoms with E-state index in [9.17, 15) is 0 Å². The van der Waals surface area contributed by atoms with E-state index in [0.29, 0.717) is 6.54 Å². The van der Waals surface area contributed by atoms with Gasteiger partial charge < -0.3 is 10.4 Å². The molecule has 0 saturated carbocycles. The second-order valence-electron chi connectivity index (χ2n) is 3.60. The number of nitrogens with zero attached hydrogens (tertiary/aromatic N) is 1. The molecule has 2 rings (SSSR count). The normalized spacial score (nSPS) is 10.7. The lowest BCUT2D eigenvalue weighted by atomic mass is 10.1. The Balaban J connectivity index is 2.60. The van der Waals surface area contributed by atoms with Crippen LogP contribution in [0.5, 0.6) is 0 Å². The maximum absolute atomic E-state index is 8.81. The van der Waals surface area contributed by atoms with Gasteiger partial charge in [-0.25, -0.2) is 4.98 Å². The van der Waals surface area contributed by atoms with Crippen LogP contribution in [-0.2, 0) is 0 Å². The molecule has 0 saturated heterocycles. The number of benzene rings is 1. The summed E-state index contributed by atoms with van der Waals surface area (Å²) in [4.78, 5) is 4.32. The molecule has 1 aromatic carbocycles. The van der Waals surface area contributed by atoms with Crippen LogP contribution in [0.2, 0.25) is 0 Å². The summed E-state index contributed by atoms with van der Waals surface area (Å²) >= 11 is 3.51. The highest BCUT2D eigenvalue weighted by molar-refractivity contribution is 9.10. The molecule has 4 heteroatoms. The fourth-order valence-corrected chi connectivity index (χ4v) is 2.38. The third kappa shape index (κ3) is 2.03. The monoisotopic (exact) mass is 280 g/mol. The van der Waals surface area contributed by atoms with Crippen LogP contribution < -0.4 is 5.32 Å². The van der Waals surface area contributed by atoms with Crippen molar-refractivity contribution in [1.82, 2.24) is 4.98 Å². The number of anilines is 1. The second kappa shape index (κ2) is 4.80. The number of aliphatic hydroxyl groups excluding tert-OH is 1. The summed E-state index contributed by atoms with van der Waals surface area (Å²) < 4.78 is 0.996. The Hall–Kier alpha value is -1.13. The highest BCUT2D eigenvalue weighted by Crippen LogP contribution is 2.30. The van der Waals surface area contributed by atoms with Crippen molar-refractivity contribution in [3.8, 4) is 0 Å². The number of pyridine rings is 1. The number of aryl methyl sites for hydroxylation is 1. The molecule has 0 spiro atoms. The predicted molar refractivity (Wildman–Crippen MR) is 69.8 cm³/mol. The molecule has 2 aromatic rings. The van der Waals surface area contributed by atoms with Gasteiger partial charge in [0.05, 0.1) is 6.61 Å². The molecule has 0 radical (unpaired) electrons. The second-order valence-corrected chi connectivity index (χ2v) is 4.46. The molecule has 0 bridgehead atoms. The van der Waals surface area contributed by atoms with E-state index in [-0.39, 0.29) is 6.61 Å². The number of hydrogen-bond donors (Lipinski definition) is 2. The fourth-order valence-electron chi connectivity index (χ4n) is 1.75. The highest BCUT2D eigenvalue weighted by Gasteiger charge is 2.07. The van der Waals surface area contributed by atoms with E-state index in [1.54, 1.807) is 6.20 Å². The summed E-state index contributed by atoms with van der Waals surface area (Å²) in [6, 6.07) is 6.11. The van der Waals surface area contributed by atoms with E-state index in [1.165, 1.54) is 5.56 Å². The van der Waals surface area contributed by atoms with E-state index >= 15 is 0 Å². The van der Waals surface area contributed by atoms with Crippen molar-refractivity contribution in [2.45, 2.75) is 6.92 Å². The number of aromatic nitrogens is 1. The van der Waals surface area contributed by atoms with Crippen LogP contribution in [0, 0.1) is 6.92 Å². The van der Waals surface area contributed by atoms with Gasteiger partial charge in [0.2, 0.25) is 0 Å². The Bertz CT molecular complexity index is 505. The van der Waals surface area contributed by atoms with Crippen LogP contribution in [0.1, 0.15) is 5.56 Å². The maximum Gasteiger partial charge on any atom is 0.133 e. The first-order valence-corrected chi connectivity index (χ1v) is 5.92. The molecular formula is C12H13BrN2O. The van der Waals surface area contributed by atoms with E-state index < -0.39 is 0 Å². The zero-order valence-electron chi connectivity index (χ0n) is 9.00. The SMILES string of the molecule is Cc1cccc2c(NCCO)ncc(Br)c12. The number of rotatable bonds is 3. The molecule has 84 valence electrons. The zero-order chi connectivity index (χ0) is 11.5. The van der Waals surface area contributed by atoms with Crippen molar-refractivity contribution < 1.29 is 5.11 Å².